The van der Waals surface area contributed by atoms with Crippen molar-refractivity contribution in [2.24, 2.45) is 5.92 Å². The fourth-order valence-electron chi connectivity index (χ4n) is 4.08. The SMILES string of the molecule is C=C(C#N)C(=O)N1CCC(CNc2ccnc(N)c2-c2ccc(Oc3ccccc3)cc2)CC1. The highest BCUT2D eigenvalue weighted by molar-refractivity contribution is 5.96. The molecule has 1 saturated heterocycles. The smallest absolute Gasteiger partial charge is 0.263 e. The number of likely N-dealkylation sites (tertiary alicyclic amines) is 1. The van der Waals surface area contributed by atoms with E-state index in [-0.39, 0.29) is 11.5 Å². The van der Waals surface area contributed by atoms with Crippen molar-refractivity contribution in [2.45, 2.75) is 12.8 Å². The van der Waals surface area contributed by atoms with Gasteiger partial charge in [-0.1, -0.05) is 36.9 Å². The molecule has 0 bridgehead atoms. The van der Waals surface area contributed by atoms with Crippen molar-refractivity contribution in [3.05, 3.63) is 79.0 Å². The Morgan fingerprint density at radius 3 is 2.47 bits per heavy atom. The number of nitrogens with zero attached hydrogens (tertiary/aromatic N) is 3. The van der Waals surface area contributed by atoms with Crippen LogP contribution in [-0.2, 0) is 4.79 Å². The van der Waals surface area contributed by atoms with Crippen molar-refractivity contribution in [3.8, 4) is 28.7 Å². The van der Waals surface area contributed by atoms with Crippen molar-refractivity contribution in [1.29, 1.82) is 5.26 Å². The van der Waals surface area contributed by atoms with Crippen LogP contribution in [0.15, 0.2) is 79.0 Å². The van der Waals surface area contributed by atoms with E-state index in [1.54, 1.807) is 11.1 Å². The van der Waals surface area contributed by atoms with Gasteiger partial charge in [-0.25, -0.2) is 4.98 Å². The van der Waals surface area contributed by atoms with Crippen LogP contribution in [0.25, 0.3) is 11.1 Å². The Balaban J connectivity index is 1.40. The van der Waals surface area contributed by atoms with Gasteiger partial charge in [0, 0.05) is 37.1 Å². The molecule has 7 heteroatoms. The molecule has 2 aromatic carbocycles. The van der Waals surface area contributed by atoms with E-state index in [1.807, 2.05) is 66.7 Å². The molecule has 3 aromatic rings. The van der Waals surface area contributed by atoms with Gasteiger partial charge >= 0.3 is 0 Å². The maximum absolute atomic E-state index is 12.1. The van der Waals surface area contributed by atoms with Crippen molar-refractivity contribution in [3.63, 3.8) is 0 Å². The molecule has 0 aliphatic carbocycles. The van der Waals surface area contributed by atoms with Crippen LogP contribution in [0.2, 0.25) is 0 Å². The van der Waals surface area contributed by atoms with Crippen LogP contribution < -0.4 is 15.8 Å². The first-order valence-electron chi connectivity index (χ1n) is 11.2. The average Bonchev–Trinajstić information content (AvgIpc) is 2.88. The summed E-state index contributed by atoms with van der Waals surface area (Å²) in [6, 6.07) is 21.2. The molecule has 0 unspecified atom stereocenters. The van der Waals surface area contributed by atoms with E-state index in [1.165, 1.54) is 0 Å². The number of amides is 1. The minimum atomic E-state index is -0.266. The standard InChI is InChI=1S/C27H27N5O2/c1-19(17-28)27(33)32-15-12-20(13-16-32)18-31-24-11-14-30-26(29)25(24)21-7-9-23(10-8-21)34-22-5-3-2-4-6-22/h2-11,14,20H,1,12-13,15-16,18H2,(H3,29,30,31). The van der Waals surface area contributed by atoms with E-state index in [2.05, 4.69) is 16.9 Å². The summed E-state index contributed by atoms with van der Waals surface area (Å²) < 4.78 is 5.89. The van der Waals surface area contributed by atoms with Gasteiger partial charge in [-0.15, -0.1) is 0 Å². The third kappa shape index (κ3) is 5.36. The second-order valence-corrected chi connectivity index (χ2v) is 8.27. The Morgan fingerprint density at radius 1 is 1.12 bits per heavy atom. The van der Waals surface area contributed by atoms with Gasteiger partial charge in [-0.2, -0.15) is 5.26 Å². The molecule has 1 aliphatic rings. The molecule has 1 aromatic heterocycles. The molecule has 1 aliphatic heterocycles. The Hall–Kier alpha value is -4.31. The molecule has 3 N–H and O–H groups in total. The predicted molar refractivity (Wildman–Crippen MR) is 133 cm³/mol. The lowest BCUT2D eigenvalue weighted by Crippen LogP contribution is -2.40. The highest BCUT2D eigenvalue weighted by Crippen LogP contribution is 2.34. The third-order valence-electron chi connectivity index (χ3n) is 5.98. The quantitative estimate of drug-likeness (QED) is 0.391. The number of carbonyl (C=O) groups excluding carboxylic acids is 1. The number of rotatable bonds is 7. The second-order valence-electron chi connectivity index (χ2n) is 8.27. The van der Waals surface area contributed by atoms with Gasteiger partial charge in [0.1, 0.15) is 29.0 Å². The van der Waals surface area contributed by atoms with Crippen LogP contribution in [0.3, 0.4) is 0 Å². The van der Waals surface area contributed by atoms with E-state index in [9.17, 15) is 4.79 Å². The van der Waals surface area contributed by atoms with E-state index < -0.39 is 0 Å². The molecular formula is C27H27N5O2. The zero-order valence-electron chi connectivity index (χ0n) is 18.9. The number of anilines is 2. The van der Waals surface area contributed by atoms with E-state index in [4.69, 9.17) is 15.7 Å². The second kappa shape index (κ2) is 10.5. The number of benzene rings is 2. The number of carbonyl (C=O) groups is 1. The first-order valence-corrected chi connectivity index (χ1v) is 11.2. The average molecular weight is 454 g/mol. The molecule has 2 heterocycles. The van der Waals surface area contributed by atoms with Gasteiger partial charge in [-0.05, 0) is 54.7 Å². The number of piperidine rings is 1. The zero-order valence-corrected chi connectivity index (χ0v) is 18.9. The van der Waals surface area contributed by atoms with Crippen molar-refractivity contribution >= 4 is 17.4 Å². The summed E-state index contributed by atoms with van der Waals surface area (Å²) in [6.07, 6.45) is 3.42. The number of nitrogen functional groups attached to an aromatic ring is 1. The van der Waals surface area contributed by atoms with Crippen LogP contribution in [0.5, 0.6) is 11.5 Å². The van der Waals surface area contributed by atoms with E-state index in [0.29, 0.717) is 24.8 Å². The van der Waals surface area contributed by atoms with Crippen LogP contribution in [0.4, 0.5) is 11.5 Å². The Bertz CT molecular complexity index is 1190. The van der Waals surface area contributed by atoms with Gasteiger partial charge < -0.3 is 20.7 Å². The fourth-order valence-corrected chi connectivity index (χ4v) is 4.08. The Kier molecular flexibility index (Phi) is 7.09. The number of hydrogen-bond acceptors (Lipinski definition) is 6. The van der Waals surface area contributed by atoms with Crippen LogP contribution in [0.1, 0.15) is 12.8 Å². The molecule has 34 heavy (non-hydrogen) atoms. The fraction of sp³-hybridized carbons (Fsp3) is 0.222. The Labute approximate surface area is 199 Å². The first-order chi connectivity index (χ1) is 16.5. The summed E-state index contributed by atoms with van der Waals surface area (Å²) in [5, 5.41) is 12.4. The normalized spacial score (nSPS) is 13.7. The molecule has 0 radical (unpaired) electrons. The van der Waals surface area contributed by atoms with Crippen molar-refractivity contribution in [2.75, 3.05) is 30.7 Å². The summed E-state index contributed by atoms with van der Waals surface area (Å²) in [5.41, 5.74) is 8.97. The van der Waals surface area contributed by atoms with E-state index in [0.717, 1.165) is 47.7 Å². The van der Waals surface area contributed by atoms with Crippen LogP contribution in [0, 0.1) is 17.2 Å². The number of hydrogen-bond donors (Lipinski definition) is 2. The summed E-state index contributed by atoms with van der Waals surface area (Å²) in [5.74, 6) is 2.12. The monoisotopic (exact) mass is 453 g/mol. The number of aromatic nitrogens is 1. The molecule has 0 spiro atoms. The lowest BCUT2D eigenvalue weighted by molar-refractivity contribution is -0.127. The van der Waals surface area contributed by atoms with Gasteiger partial charge in [0.05, 0.1) is 0 Å². The third-order valence-corrected chi connectivity index (χ3v) is 5.98. The molecule has 1 fully saturated rings. The summed E-state index contributed by atoms with van der Waals surface area (Å²) in [4.78, 5) is 18.1. The number of nitrogens with one attached hydrogen (secondary N) is 1. The van der Waals surface area contributed by atoms with Gasteiger partial charge in [0.2, 0.25) is 0 Å². The molecule has 7 nitrogen and oxygen atoms in total. The highest BCUT2D eigenvalue weighted by atomic mass is 16.5. The lowest BCUT2D eigenvalue weighted by Gasteiger charge is -2.32. The number of nitriles is 1. The summed E-state index contributed by atoms with van der Waals surface area (Å²) in [6.45, 7) is 5.53. The number of para-hydroxylation sites is 1. The summed E-state index contributed by atoms with van der Waals surface area (Å²) >= 11 is 0. The lowest BCUT2D eigenvalue weighted by atomic mass is 9.96. The van der Waals surface area contributed by atoms with Gasteiger partial charge in [0.15, 0.2) is 0 Å². The van der Waals surface area contributed by atoms with Crippen molar-refractivity contribution < 1.29 is 9.53 Å². The molecule has 0 atom stereocenters. The molecule has 1 amide bonds. The molecular weight excluding hydrogens is 426 g/mol. The van der Waals surface area contributed by atoms with Gasteiger partial charge in [0.25, 0.3) is 5.91 Å². The topological polar surface area (TPSA) is 104 Å². The highest BCUT2D eigenvalue weighted by Gasteiger charge is 2.24. The summed E-state index contributed by atoms with van der Waals surface area (Å²) in [7, 11) is 0. The minimum Gasteiger partial charge on any atom is -0.457 e. The maximum atomic E-state index is 12.1. The van der Waals surface area contributed by atoms with Crippen LogP contribution in [-0.4, -0.2) is 35.4 Å². The van der Waals surface area contributed by atoms with Crippen molar-refractivity contribution in [1.82, 2.24) is 9.88 Å². The predicted octanol–water partition coefficient (Wildman–Crippen LogP) is 4.85. The first kappa shape index (κ1) is 22.9. The molecule has 172 valence electrons. The minimum absolute atomic E-state index is 0.00587. The van der Waals surface area contributed by atoms with E-state index >= 15 is 0 Å². The largest absolute Gasteiger partial charge is 0.457 e. The molecule has 0 saturated carbocycles. The van der Waals surface area contributed by atoms with Crippen LogP contribution >= 0.6 is 0 Å². The molecule has 4 rings (SSSR count). The maximum Gasteiger partial charge on any atom is 0.263 e. The van der Waals surface area contributed by atoms with Gasteiger partial charge in [-0.3, -0.25) is 4.79 Å². The number of ether oxygens (including phenoxy) is 1. The number of pyridine rings is 1. The Morgan fingerprint density at radius 2 is 1.79 bits per heavy atom. The number of nitrogens with two attached hydrogens (primary N) is 1. The zero-order chi connectivity index (χ0) is 23.9.